The van der Waals surface area contributed by atoms with Crippen LogP contribution in [0.1, 0.15) is 59.3 Å². The monoisotopic (exact) mass is 496 g/mol. The molecule has 1 saturated carbocycles. The van der Waals surface area contributed by atoms with Gasteiger partial charge >= 0.3 is 0 Å². The molecule has 3 aliphatic rings. The summed E-state index contributed by atoms with van der Waals surface area (Å²) < 4.78 is 6.14. The zero-order chi connectivity index (χ0) is 25.4. The average Bonchev–Trinajstić information content (AvgIpc) is 3.51. The molecule has 3 aromatic rings. The van der Waals surface area contributed by atoms with E-state index in [-0.39, 0.29) is 17.5 Å². The summed E-state index contributed by atoms with van der Waals surface area (Å²) in [5, 5.41) is 10.2. The fraction of sp³-hybridized carbons (Fsp3) is 0.406. The van der Waals surface area contributed by atoms with Crippen molar-refractivity contribution in [2.75, 3.05) is 26.2 Å². The minimum Gasteiger partial charge on any atom is -0.508 e. The molecule has 1 spiro atoms. The first-order chi connectivity index (χ1) is 18.0. The van der Waals surface area contributed by atoms with Gasteiger partial charge in [-0.3, -0.25) is 4.79 Å². The molecule has 3 aromatic carbocycles. The van der Waals surface area contributed by atoms with Gasteiger partial charge in [0.2, 0.25) is 0 Å². The fourth-order valence-electron chi connectivity index (χ4n) is 6.31. The quantitative estimate of drug-likeness (QED) is 0.461. The molecule has 0 radical (unpaired) electrons. The van der Waals surface area contributed by atoms with Crippen molar-refractivity contribution in [2.24, 2.45) is 5.92 Å². The van der Waals surface area contributed by atoms with Crippen molar-refractivity contribution in [2.45, 2.75) is 50.6 Å². The highest BCUT2D eigenvalue weighted by molar-refractivity contribution is 5.95. The Morgan fingerprint density at radius 2 is 1.84 bits per heavy atom. The van der Waals surface area contributed by atoms with Crippen molar-refractivity contribution in [1.29, 1.82) is 0 Å². The van der Waals surface area contributed by atoms with E-state index in [1.807, 2.05) is 42.5 Å². The number of hydrogen-bond donors (Lipinski definition) is 1. The van der Waals surface area contributed by atoms with Gasteiger partial charge in [-0.2, -0.15) is 0 Å². The van der Waals surface area contributed by atoms with Gasteiger partial charge in [-0.1, -0.05) is 43.3 Å². The van der Waals surface area contributed by atoms with Crippen molar-refractivity contribution < 1.29 is 14.6 Å². The van der Waals surface area contributed by atoms with E-state index in [2.05, 4.69) is 41.0 Å². The number of phenols is 1. The lowest BCUT2D eigenvalue weighted by Crippen LogP contribution is -2.49. The third-order valence-corrected chi connectivity index (χ3v) is 8.55. The highest BCUT2D eigenvalue weighted by Gasteiger charge is 2.55. The number of carbonyl (C=O) groups excluding carboxylic acids is 1. The molecule has 2 unspecified atom stereocenters. The third-order valence-electron chi connectivity index (χ3n) is 8.55. The second-order valence-electron chi connectivity index (χ2n) is 11.0. The summed E-state index contributed by atoms with van der Waals surface area (Å²) in [6.07, 6.45) is 4.73. The summed E-state index contributed by atoms with van der Waals surface area (Å²) in [6, 6.07) is 23.6. The lowest BCUT2D eigenvalue weighted by Gasteiger charge is -2.44. The van der Waals surface area contributed by atoms with Crippen LogP contribution in [-0.4, -0.2) is 52.6 Å². The molecule has 2 aliphatic heterocycles. The van der Waals surface area contributed by atoms with Crippen LogP contribution in [0.2, 0.25) is 0 Å². The van der Waals surface area contributed by atoms with E-state index in [0.717, 1.165) is 67.8 Å². The summed E-state index contributed by atoms with van der Waals surface area (Å²) >= 11 is 0. The molecule has 192 valence electrons. The lowest BCUT2D eigenvalue weighted by atomic mass is 9.83. The van der Waals surface area contributed by atoms with Gasteiger partial charge in [-0.25, -0.2) is 0 Å². The fourth-order valence-corrected chi connectivity index (χ4v) is 6.31. The van der Waals surface area contributed by atoms with Gasteiger partial charge in [0.15, 0.2) is 0 Å². The number of aromatic hydroxyl groups is 1. The average molecular weight is 497 g/mol. The number of hydrogen-bond acceptors (Lipinski definition) is 4. The van der Waals surface area contributed by atoms with Crippen molar-refractivity contribution >= 4 is 5.91 Å². The molecule has 2 heterocycles. The van der Waals surface area contributed by atoms with E-state index in [4.69, 9.17) is 4.74 Å². The van der Waals surface area contributed by atoms with E-state index in [1.165, 1.54) is 18.5 Å². The first-order valence-corrected chi connectivity index (χ1v) is 13.7. The highest BCUT2D eigenvalue weighted by Crippen LogP contribution is 2.54. The second-order valence-corrected chi connectivity index (χ2v) is 11.0. The Hall–Kier alpha value is -3.31. The lowest BCUT2D eigenvalue weighted by molar-refractivity contribution is 0.0486. The molecular formula is C32H36N2O3. The number of likely N-dealkylation sites (tertiary alicyclic amines) is 1. The van der Waals surface area contributed by atoms with E-state index < -0.39 is 0 Å². The number of ether oxygens (including phenoxy) is 1. The molecule has 1 N–H and O–H groups in total. The molecule has 1 saturated heterocycles. The van der Waals surface area contributed by atoms with Gasteiger partial charge in [0, 0.05) is 23.6 Å². The molecule has 37 heavy (non-hydrogen) atoms. The van der Waals surface area contributed by atoms with E-state index >= 15 is 0 Å². The van der Waals surface area contributed by atoms with Crippen LogP contribution in [0.25, 0.3) is 0 Å². The summed E-state index contributed by atoms with van der Waals surface area (Å²) in [6.45, 7) is 6.38. The van der Waals surface area contributed by atoms with Gasteiger partial charge < -0.3 is 19.6 Å². The largest absolute Gasteiger partial charge is 0.508 e. The Balaban J connectivity index is 1.24. The zero-order valence-electron chi connectivity index (χ0n) is 21.6. The number of amides is 1. The normalized spacial score (nSPS) is 22.1. The van der Waals surface area contributed by atoms with E-state index in [0.29, 0.717) is 11.7 Å². The Morgan fingerprint density at radius 3 is 2.54 bits per heavy atom. The smallest absolute Gasteiger partial charge is 0.254 e. The number of fused-ring (bicyclic) bond motifs is 1. The maximum atomic E-state index is 13.9. The van der Waals surface area contributed by atoms with Gasteiger partial charge in [0.1, 0.15) is 11.5 Å². The summed E-state index contributed by atoms with van der Waals surface area (Å²) in [7, 11) is 0. The number of rotatable bonds is 7. The Labute approximate surface area is 219 Å². The van der Waals surface area contributed by atoms with Crippen LogP contribution in [-0.2, 0) is 12.8 Å². The standard InChI is InChI=1S/C32H36N2O3/c1-2-33-17-14-24(21-33)22-37-28-11-8-23(9-12-28)18-30-29-13-10-27(35)19-26(29)20-32(15-16-32)34(30)31(36)25-6-4-3-5-7-25/h3-13,19,24,30,35H,2,14-18,20-22H2,1H3. The molecule has 2 atom stereocenters. The predicted molar refractivity (Wildman–Crippen MR) is 145 cm³/mol. The summed E-state index contributed by atoms with van der Waals surface area (Å²) in [5.41, 5.74) is 4.06. The van der Waals surface area contributed by atoms with Crippen LogP contribution < -0.4 is 4.74 Å². The van der Waals surface area contributed by atoms with Crippen LogP contribution in [0, 0.1) is 5.92 Å². The van der Waals surface area contributed by atoms with E-state index in [9.17, 15) is 9.90 Å². The predicted octanol–water partition coefficient (Wildman–Crippen LogP) is 5.63. The van der Waals surface area contributed by atoms with Crippen molar-refractivity contribution in [3.05, 3.63) is 95.1 Å². The van der Waals surface area contributed by atoms with Gasteiger partial charge in [-0.15, -0.1) is 0 Å². The minimum atomic E-state index is -0.158. The molecule has 5 heteroatoms. The van der Waals surface area contributed by atoms with Gasteiger partial charge in [0.05, 0.1) is 12.6 Å². The maximum Gasteiger partial charge on any atom is 0.254 e. The Morgan fingerprint density at radius 1 is 1.05 bits per heavy atom. The SMILES string of the molecule is CCN1CCC(COc2ccc(CC3c4ccc(O)cc4CC4(CC4)N3C(=O)c3ccccc3)cc2)C1. The first kappa shape index (κ1) is 24.1. The third kappa shape index (κ3) is 4.85. The molecule has 6 rings (SSSR count). The number of benzene rings is 3. The molecular weight excluding hydrogens is 460 g/mol. The van der Waals surface area contributed by atoms with Crippen molar-refractivity contribution in [1.82, 2.24) is 9.80 Å². The Kier molecular flexibility index (Phi) is 6.41. The van der Waals surface area contributed by atoms with Crippen LogP contribution in [0.15, 0.2) is 72.8 Å². The highest BCUT2D eigenvalue weighted by atomic mass is 16.5. The van der Waals surface area contributed by atoms with Crippen LogP contribution in [0.4, 0.5) is 0 Å². The van der Waals surface area contributed by atoms with Crippen molar-refractivity contribution in [3.8, 4) is 11.5 Å². The van der Waals surface area contributed by atoms with Crippen LogP contribution in [0.5, 0.6) is 11.5 Å². The Bertz CT molecular complexity index is 1250. The van der Waals surface area contributed by atoms with Gasteiger partial charge in [-0.05, 0) is 98.3 Å². The van der Waals surface area contributed by atoms with E-state index in [1.54, 1.807) is 6.07 Å². The van der Waals surface area contributed by atoms with Gasteiger partial charge in [0.25, 0.3) is 5.91 Å². The summed E-state index contributed by atoms with van der Waals surface area (Å²) in [5.74, 6) is 1.90. The molecule has 2 fully saturated rings. The number of carbonyl (C=O) groups is 1. The molecule has 0 bridgehead atoms. The van der Waals surface area contributed by atoms with Crippen LogP contribution in [0.3, 0.4) is 0 Å². The number of nitrogens with zero attached hydrogens (tertiary/aromatic N) is 2. The number of phenolic OH excluding ortho intramolecular Hbond substituents is 1. The van der Waals surface area contributed by atoms with Crippen LogP contribution >= 0.6 is 0 Å². The molecule has 0 aromatic heterocycles. The topological polar surface area (TPSA) is 53.0 Å². The second kappa shape index (κ2) is 9.86. The molecule has 5 nitrogen and oxygen atoms in total. The maximum absolute atomic E-state index is 13.9. The summed E-state index contributed by atoms with van der Waals surface area (Å²) in [4.78, 5) is 18.5. The minimum absolute atomic E-state index is 0.0789. The van der Waals surface area contributed by atoms with Crippen molar-refractivity contribution in [3.63, 3.8) is 0 Å². The first-order valence-electron chi connectivity index (χ1n) is 13.7. The molecule has 1 aliphatic carbocycles. The molecule has 1 amide bonds. The zero-order valence-corrected chi connectivity index (χ0v) is 21.6.